The van der Waals surface area contributed by atoms with Gasteiger partial charge in [-0.05, 0) is 31.1 Å². The van der Waals surface area contributed by atoms with Gasteiger partial charge in [0.1, 0.15) is 6.04 Å². The molecular weight excluding hydrogens is 194 g/mol. The van der Waals surface area contributed by atoms with Gasteiger partial charge in [0.25, 0.3) is 0 Å². The van der Waals surface area contributed by atoms with E-state index in [1.165, 1.54) is 6.42 Å². The average molecular weight is 215 g/mol. The summed E-state index contributed by atoms with van der Waals surface area (Å²) in [4.78, 5) is 10.5. The van der Waals surface area contributed by atoms with Gasteiger partial charge < -0.3 is 15.6 Å². The molecule has 88 valence electrons. The van der Waals surface area contributed by atoms with Crippen LogP contribution >= 0.6 is 0 Å². The van der Waals surface area contributed by atoms with Gasteiger partial charge in [-0.25, -0.2) is 0 Å². The number of carboxylic acids is 1. The Morgan fingerprint density at radius 1 is 1.40 bits per heavy atom. The fourth-order valence-electron chi connectivity index (χ4n) is 2.32. The number of aliphatic carboxylic acids is 1. The number of carboxylic acid groups (broad SMARTS) is 1. The van der Waals surface area contributed by atoms with E-state index in [2.05, 4.69) is 13.8 Å². The normalized spacial score (nSPS) is 33.7. The Morgan fingerprint density at radius 3 is 2.40 bits per heavy atom. The zero-order valence-electron chi connectivity index (χ0n) is 9.48. The van der Waals surface area contributed by atoms with Crippen molar-refractivity contribution < 1.29 is 14.6 Å². The number of ether oxygens (including phenoxy) is 1. The molecule has 3 unspecified atom stereocenters. The van der Waals surface area contributed by atoms with Gasteiger partial charge in [-0.3, -0.25) is 4.79 Å². The number of rotatable bonds is 4. The average Bonchev–Trinajstić information content (AvgIpc) is 2.12. The molecule has 4 heteroatoms. The molecule has 1 aliphatic rings. The van der Waals surface area contributed by atoms with E-state index in [1.54, 1.807) is 0 Å². The third-order valence-electron chi connectivity index (χ3n) is 2.96. The summed E-state index contributed by atoms with van der Waals surface area (Å²) in [6.45, 7) is 4.55. The second-order valence-electron chi connectivity index (χ2n) is 4.82. The second-order valence-corrected chi connectivity index (χ2v) is 4.82. The van der Waals surface area contributed by atoms with E-state index >= 15 is 0 Å². The number of hydrogen-bond acceptors (Lipinski definition) is 3. The summed E-state index contributed by atoms with van der Waals surface area (Å²) in [7, 11) is 0. The van der Waals surface area contributed by atoms with Gasteiger partial charge in [-0.15, -0.1) is 0 Å². The Balaban J connectivity index is 2.29. The Bertz CT molecular complexity index is 210. The van der Waals surface area contributed by atoms with Crippen molar-refractivity contribution >= 4 is 5.97 Å². The first-order valence-electron chi connectivity index (χ1n) is 5.59. The van der Waals surface area contributed by atoms with Crippen LogP contribution in [-0.4, -0.2) is 29.8 Å². The van der Waals surface area contributed by atoms with E-state index in [9.17, 15) is 4.79 Å². The molecule has 0 aromatic rings. The highest BCUT2D eigenvalue weighted by Gasteiger charge is 2.25. The van der Waals surface area contributed by atoms with Crippen molar-refractivity contribution in [3.8, 4) is 0 Å². The van der Waals surface area contributed by atoms with Crippen molar-refractivity contribution in [1.29, 1.82) is 0 Å². The highest BCUT2D eigenvalue weighted by atomic mass is 16.5. The predicted molar refractivity (Wildman–Crippen MR) is 57.5 cm³/mol. The Kier molecular flexibility index (Phi) is 4.54. The van der Waals surface area contributed by atoms with Crippen LogP contribution in [0.3, 0.4) is 0 Å². The molecule has 0 heterocycles. The summed E-state index contributed by atoms with van der Waals surface area (Å²) in [5, 5.41) is 8.61. The van der Waals surface area contributed by atoms with Gasteiger partial charge in [0, 0.05) is 0 Å². The van der Waals surface area contributed by atoms with Gasteiger partial charge in [-0.2, -0.15) is 0 Å². The quantitative estimate of drug-likeness (QED) is 0.740. The smallest absolute Gasteiger partial charge is 0.322 e. The van der Waals surface area contributed by atoms with E-state index < -0.39 is 12.0 Å². The van der Waals surface area contributed by atoms with Gasteiger partial charge >= 0.3 is 5.97 Å². The Labute approximate surface area is 90.8 Å². The van der Waals surface area contributed by atoms with Crippen LogP contribution in [0.25, 0.3) is 0 Å². The van der Waals surface area contributed by atoms with Crippen molar-refractivity contribution in [1.82, 2.24) is 0 Å². The Hall–Kier alpha value is -0.610. The minimum atomic E-state index is -0.994. The molecule has 0 aromatic carbocycles. The van der Waals surface area contributed by atoms with Gasteiger partial charge in [0.2, 0.25) is 0 Å². The van der Waals surface area contributed by atoms with E-state index in [4.69, 9.17) is 15.6 Å². The van der Waals surface area contributed by atoms with Gasteiger partial charge in [0.15, 0.2) is 0 Å². The molecule has 1 rings (SSSR count). The topological polar surface area (TPSA) is 72.5 Å². The van der Waals surface area contributed by atoms with Crippen molar-refractivity contribution in [2.24, 2.45) is 17.6 Å². The summed E-state index contributed by atoms with van der Waals surface area (Å²) in [5.41, 5.74) is 5.38. The summed E-state index contributed by atoms with van der Waals surface area (Å²) < 4.78 is 5.54. The van der Waals surface area contributed by atoms with Crippen molar-refractivity contribution in [3.63, 3.8) is 0 Å². The molecular formula is C11H21NO3. The van der Waals surface area contributed by atoms with Crippen LogP contribution in [0.5, 0.6) is 0 Å². The molecule has 1 saturated carbocycles. The van der Waals surface area contributed by atoms with Crippen LogP contribution in [-0.2, 0) is 9.53 Å². The maximum absolute atomic E-state index is 10.5. The highest BCUT2D eigenvalue weighted by molar-refractivity contribution is 5.73. The van der Waals surface area contributed by atoms with E-state index in [0.717, 1.165) is 12.8 Å². The monoisotopic (exact) mass is 215 g/mol. The van der Waals surface area contributed by atoms with E-state index in [0.29, 0.717) is 11.8 Å². The van der Waals surface area contributed by atoms with Crippen molar-refractivity contribution in [3.05, 3.63) is 0 Å². The lowest BCUT2D eigenvalue weighted by Crippen LogP contribution is -2.38. The first-order valence-corrected chi connectivity index (χ1v) is 5.59. The van der Waals surface area contributed by atoms with Crippen molar-refractivity contribution in [2.75, 3.05) is 6.61 Å². The molecule has 15 heavy (non-hydrogen) atoms. The lowest BCUT2D eigenvalue weighted by molar-refractivity contribution is -0.141. The molecule has 0 saturated heterocycles. The molecule has 0 radical (unpaired) electrons. The number of nitrogens with two attached hydrogens (primary N) is 1. The second kappa shape index (κ2) is 5.47. The summed E-state index contributed by atoms with van der Waals surface area (Å²) in [6, 6.07) is -0.891. The zero-order valence-corrected chi connectivity index (χ0v) is 9.48. The fraction of sp³-hybridized carbons (Fsp3) is 0.909. The van der Waals surface area contributed by atoms with Crippen LogP contribution in [0.1, 0.15) is 33.1 Å². The van der Waals surface area contributed by atoms with E-state index in [1.807, 2.05) is 0 Å². The highest BCUT2D eigenvalue weighted by Crippen LogP contribution is 2.30. The molecule has 3 atom stereocenters. The molecule has 0 bridgehead atoms. The van der Waals surface area contributed by atoms with Gasteiger partial charge in [0.05, 0.1) is 12.7 Å². The lowest BCUT2D eigenvalue weighted by atomic mass is 9.82. The predicted octanol–water partition coefficient (Wildman–Crippen LogP) is 1.24. The summed E-state index contributed by atoms with van der Waals surface area (Å²) in [6.07, 6.45) is 3.48. The number of hydrogen-bond donors (Lipinski definition) is 2. The number of carbonyl (C=O) groups is 1. The third-order valence-corrected chi connectivity index (χ3v) is 2.96. The van der Waals surface area contributed by atoms with Crippen molar-refractivity contribution in [2.45, 2.75) is 45.3 Å². The summed E-state index contributed by atoms with van der Waals surface area (Å²) in [5.74, 6) is 0.339. The molecule has 1 aliphatic carbocycles. The minimum Gasteiger partial charge on any atom is -0.480 e. The van der Waals surface area contributed by atoms with Gasteiger partial charge in [-0.1, -0.05) is 13.8 Å². The first kappa shape index (κ1) is 12.5. The molecule has 4 nitrogen and oxygen atoms in total. The Morgan fingerprint density at radius 2 is 1.93 bits per heavy atom. The zero-order chi connectivity index (χ0) is 11.4. The molecule has 0 aromatic heterocycles. The standard InChI is InChI=1S/C11H21NO3/c1-7-3-8(2)5-9(4-7)15-6-10(12)11(13)14/h7-10H,3-6,12H2,1-2H3,(H,13,14). The molecule has 0 aliphatic heterocycles. The maximum atomic E-state index is 10.5. The molecule has 1 fully saturated rings. The molecule has 3 N–H and O–H groups in total. The lowest BCUT2D eigenvalue weighted by Gasteiger charge is -2.31. The fourth-order valence-corrected chi connectivity index (χ4v) is 2.32. The third kappa shape index (κ3) is 4.18. The van der Waals surface area contributed by atoms with Crippen LogP contribution in [0.4, 0.5) is 0 Å². The maximum Gasteiger partial charge on any atom is 0.322 e. The molecule has 0 amide bonds. The molecule has 0 spiro atoms. The van der Waals surface area contributed by atoms with E-state index in [-0.39, 0.29) is 12.7 Å². The minimum absolute atomic E-state index is 0.124. The van der Waals surface area contributed by atoms with Crippen LogP contribution in [0.2, 0.25) is 0 Å². The van der Waals surface area contributed by atoms with Crippen LogP contribution in [0.15, 0.2) is 0 Å². The largest absolute Gasteiger partial charge is 0.480 e. The van der Waals surface area contributed by atoms with Crippen LogP contribution < -0.4 is 5.73 Å². The SMILES string of the molecule is CC1CC(C)CC(OCC(N)C(=O)O)C1. The van der Waals surface area contributed by atoms with Crippen LogP contribution in [0, 0.1) is 11.8 Å². The summed E-state index contributed by atoms with van der Waals surface area (Å²) >= 11 is 0. The first-order chi connectivity index (χ1) is 6.99.